The van der Waals surface area contributed by atoms with E-state index in [1.54, 1.807) is 18.2 Å². The predicted octanol–water partition coefficient (Wildman–Crippen LogP) is 2.89. The van der Waals surface area contributed by atoms with Gasteiger partial charge in [0.1, 0.15) is 5.82 Å². The summed E-state index contributed by atoms with van der Waals surface area (Å²) in [6, 6.07) is 15.2. The van der Waals surface area contributed by atoms with Crippen LogP contribution in [-0.2, 0) is 34.7 Å². The van der Waals surface area contributed by atoms with E-state index in [1.807, 2.05) is 36.7 Å². The first-order valence-corrected chi connectivity index (χ1v) is 11.8. The molecule has 0 radical (unpaired) electrons. The minimum Gasteiger partial charge on any atom is -0.354 e. The van der Waals surface area contributed by atoms with Crippen LogP contribution in [-0.4, -0.2) is 48.3 Å². The second kappa shape index (κ2) is 9.62. The van der Waals surface area contributed by atoms with Crippen LogP contribution in [0.25, 0.3) is 11.0 Å². The molecule has 1 amide bonds. The summed E-state index contributed by atoms with van der Waals surface area (Å²) < 4.78 is 27.8. The Morgan fingerprint density at radius 1 is 1.13 bits per heavy atom. The number of carbonyl (C=O) groups is 1. The van der Waals surface area contributed by atoms with Gasteiger partial charge < -0.3 is 9.88 Å². The van der Waals surface area contributed by atoms with Crippen LogP contribution in [0.5, 0.6) is 0 Å². The van der Waals surface area contributed by atoms with Crippen molar-refractivity contribution in [2.24, 2.45) is 7.05 Å². The summed E-state index contributed by atoms with van der Waals surface area (Å²) in [4.78, 5) is 17.2. The zero-order chi connectivity index (χ0) is 22.6. The van der Waals surface area contributed by atoms with Crippen molar-refractivity contribution in [2.75, 3.05) is 14.1 Å². The number of hydrogen-bond acceptors (Lipinski definition) is 4. The molecule has 8 heteroatoms. The van der Waals surface area contributed by atoms with E-state index in [-0.39, 0.29) is 16.8 Å². The molecule has 0 aliphatic rings. The van der Waals surface area contributed by atoms with Crippen LogP contribution in [0.15, 0.2) is 53.4 Å². The lowest BCUT2D eigenvalue weighted by atomic mass is 10.1. The van der Waals surface area contributed by atoms with Crippen molar-refractivity contribution >= 4 is 27.0 Å². The Bertz CT molecular complexity index is 1150. The molecule has 166 valence electrons. The number of nitrogens with zero attached hydrogens (tertiary/aromatic N) is 3. The molecule has 7 nitrogen and oxygen atoms in total. The molecule has 0 saturated heterocycles. The second-order valence-electron chi connectivity index (χ2n) is 8.02. The molecule has 1 atom stereocenters. The molecular formula is C23H30N4O3S. The highest BCUT2D eigenvalue weighted by molar-refractivity contribution is 7.89. The number of imidazole rings is 1. The number of carbonyl (C=O) groups excluding carboxylic acids is 1. The Morgan fingerprint density at radius 3 is 2.52 bits per heavy atom. The number of hydrogen-bond donors (Lipinski definition) is 1. The highest BCUT2D eigenvalue weighted by Gasteiger charge is 2.19. The van der Waals surface area contributed by atoms with E-state index in [0.717, 1.165) is 24.2 Å². The van der Waals surface area contributed by atoms with Crippen LogP contribution in [0.3, 0.4) is 0 Å². The summed E-state index contributed by atoms with van der Waals surface area (Å²) in [5.41, 5.74) is 2.71. The molecule has 0 saturated carbocycles. The molecule has 2 aromatic carbocycles. The van der Waals surface area contributed by atoms with Gasteiger partial charge in [0.2, 0.25) is 15.9 Å². The number of benzene rings is 2. The summed E-state index contributed by atoms with van der Waals surface area (Å²) >= 11 is 0. The number of amides is 1. The average Bonchev–Trinajstić information content (AvgIpc) is 3.06. The molecule has 1 aromatic heterocycles. The first-order valence-electron chi connectivity index (χ1n) is 10.4. The van der Waals surface area contributed by atoms with Crippen molar-refractivity contribution in [1.82, 2.24) is 19.2 Å². The number of sulfonamides is 1. The Hall–Kier alpha value is -2.71. The molecule has 0 spiro atoms. The zero-order valence-corrected chi connectivity index (χ0v) is 19.3. The van der Waals surface area contributed by atoms with Gasteiger partial charge in [-0.15, -0.1) is 0 Å². The van der Waals surface area contributed by atoms with E-state index >= 15 is 0 Å². The largest absolute Gasteiger partial charge is 0.354 e. The summed E-state index contributed by atoms with van der Waals surface area (Å²) in [6.45, 7) is 2.02. The molecule has 0 bridgehead atoms. The molecule has 1 heterocycles. The maximum Gasteiger partial charge on any atom is 0.242 e. The SMILES string of the molecule is CC(CCc1ccccc1)NC(=O)CCc1nc2cc(S(=O)(=O)N(C)C)ccc2n1C. The average molecular weight is 443 g/mol. The highest BCUT2D eigenvalue weighted by atomic mass is 32.2. The van der Waals surface area contributed by atoms with Crippen LogP contribution < -0.4 is 5.32 Å². The van der Waals surface area contributed by atoms with E-state index in [1.165, 1.54) is 24.0 Å². The van der Waals surface area contributed by atoms with Crippen molar-refractivity contribution in [3.8, 4) is 0 Å². The first kappa shape index (κ1) is 23.0. The van der Waals surface area contributed by atoms with Gasteiger partial charge in [-0.1, -0.05) is 30.3 Å². The third-order valence-corrected chi connectivity index (χ3v) is 7.23. The van der Waals surface area contributed by atoms with Crippen LogP contribution in [0.4, 0.5) is 0 Å². The molecule has 0 fully saturated rings. The quantitative estimate of drug-likeness (QED) is 0.552. The van der Waals surface area contributed by atoms with E-state index < -0.39 is 10.0 Å². The fourth-order valence-electron chi connectivity index (χ4n) is 3.50. The van der Waals surface area contributed by atoms with Crippen molar-refractivity contribution in [2.45, 2.75) is 43.5 Å². The second-order valence-corrected chi connectivity index (χ2v) is 10.2. The topological polar surface area (TPSA) is 84.3 Å². The summed E-state index contributed by atoms with van der Waals surface area (Å²) in [5, 5.41) is 3.05. The summed E-state index contributed by atoms with van der Waals surface area (Å²) in [7, 11) is 1.37. The molecule has 3 aromatic rings. The fraction of sp³-hybridized carbons (Fsp3) is 0.391. The normalized spacial score (nSPS) is 12.9. The number of aromatic nitrogens is 2. The molecular weight excluding hydrogens is 412 g/mol. The molecule has 31 heavy (non-hydrogen) atoms. The Morgan fingerprint density at radius 2 is 1.84 bits per heavy atom. The van der Waals surface area contributed by atoms with Gasteiger partial charge in [-0.3, -0.25) is 4.79 Å². The zero-order valence-electron chi connectivity index (χ0n) is 18.5. The van der Waals surface area contributed by atoms with Gasteiger partial charge in [0.25, 0.3) is 0 Å². The first-order chi connectivity index (χ1) is 14.7. The van der Waals surface area contributed by atoms with Gasteiger partial charge in [-0.2, -0.15) is 0 Å². The van der Waals surface area contributed by atoms with E-state index in [9.17, 15) is 13.2 Å². The minimum atomic E-state index is -3.52. The Labute approximate surface area is 184 Å². The molecule has 1 N–H and O–H groups in total. The number of fused-ring (bicyclic) bond motifs is 1. The lowest BCUT2D eigenvalue weighted by Gasteiger charge is -2.14. The molecule has 1 unspecified atom stereocenters. The standard InChI is InChI=1S/C23H30N4O3S/c1-17(10-11-18-8-6-5-7-9-18)24-23(28)15-14-22-25-20-16-19(31(29,30)26(2)3)12-13-21(20)27(22)4/h5-9,12-13,16-17H,10-11,14-15H2,1-4H3,(H,24,28). The van der Waals surface area contributed by atoms with Crippen LogP contribution in [0, 0.1) is 0 Å². The van der Waals surface area contributed by atoms with E-state index in [2.05, 4.69) is 22.4 Å². The van der Waals surface area contributed by atoms with Gasteiger partial charge in [-0.05, 0) is 43.5 Å². The van der Waals surface area contributed by atoms with Crippen molar-refractivity contribution in [3.63, 3.8) is 0 Å². The van der Waals surface area contributed by atoms with Crippen molar-refractivity contribution in [1.29, 1.82) is 0 Å². The lowest BCUT2D eigenvalue weighted by molar-refractivity contribution is -0.121. The van der Waals surface area contributed by atoms with Gasteiger partial charge in [0.05, 0.1) is 15.9 Å². The van der Waals surface area contributed by atoms with Crippen molar-refractivity contribution in [3.05, 3.63) is 59.9 Å². The van der Waals surface area contributed by atoms with Gasteiger partial charge in [0.15, 0.2) is 0 Å². The molecule has 3 rings (SSSR count). The number of aryl methyl sites for hydroxylation is 3. The third-order valence-electron chi connectivity index (χ3n) is 5.42. The van der Waals surface area contributed by atoms with Crippen LogP contribution >= 0.6 is 0 Å². The molecule has 0 aliphatic heterocycles. The maximum atomic E-state index is 12.4. The van der Waals surface area contributed by atoms with Gasteiger partial charge in [-0.25, -0.2) is 17.7 Å². The van der Waals surface area contributed by atoms with Gasteiger partial charge >= 0.3 is 0 Å². The smallest absolute Gasteiger partial charge is 0.242 e. The van der Waals surface area contributed by atoms with Crippen LogP contribution in [0.1, 0.15) is 31.2 Å². The Balaban J connectivity index is 1.60. The Kier molecular flexibility index (Phi) is 7.12. The van der Waals surface area contributed by atoms with E-state index in [4.69, 9.17) is 0 Å². The van der Waals surface area contributed by atoms with Crippen molar-refractivity contribution < 1.29 is 13.2 Å². The fourth-order valence-corrected chi connectivity index (χ4v) is 4.42. The van der Waals surface area contributed by atoms with Gasteiger partial charge in [0, 0.05) is 40.0 Å². The predicted molar refractivity (Wildman–Crippen MR) is 122 cm³/mol. The third kappa shape index (κ3) is 5.51. The van der Waals surface area contributed by atoms with Crippen LogP contribution in [0.2, 0.25) is 0 Å². The number of rotatable bonds is 9. The van der Waals surface area contributed by atoms with E-state index in [0.29, 0.717) is 18.4 Å². The number of nitrogens with one attached hydrogen (secondary N) is 1. The molecule has 0 aliphatic carbocycles. The summed E-state index contributed by atoms with van der Waals surface area (Å²) in [5.74, 6) is 0.741. The highest BCUT2D eigenvalue weighted by Crippen LogP contribution is 2.22. The lowest BCUT2D eigenvalue weighted by Crippen LogP contribution is -2.33. The minimum absolute atomic E-state index is 0.0107. The monoisotopic (exact) mass is 442 g/mol. The maximum absolute atomic E-state index is 12.4. The summed E-state index contributed by atoms with van der Waals surface area (Å²) in [6.07, 6.45) is 2.62.